The number of halogens is 3. The van der Waals surface area contributed by atoms with Crippen molar-refractivity contribution < 1.29 is 18.3 Å². The van der Waals surface area contributed by atoms with Gasteiger partial charge in [-0.1, -0.05) is 40.2 Å². The van der Waals surface area contributed by atoms with Gasteiger partial charge in [-0.25, -0.2) is 8.78 Å². The number of methoxy groups -OCH3 is 1. The Hall–Kier alpha value is -3.17. The predicted molar refractivity (Wildman–Crippen MR) is 111 cm³/mol. The average Bonchev–Trinajstić information content (AvgIpc) is 2.72. The van der Waals surface area contributed by atoms with E-state index in [9.17, 15) is 14.0 Å². The molecule has 0 atom stereocenters. The van der Waals surface area contributed by atoms with Crippen molar-refractivity contribution in [1.82, 2.24) is 0 Å². The van der Waals surface area contributed by atoms with Crippen molar-refractivity contribution in [2.45, 2.75) is 6.61 Å². The number of hydrogen-bond acceptors (Lipinski definition) is 3. The number of benzene rings is 3. The van der Waals surface area contributed by atoms with Gasteiger partial charge >= 0.3 is 0 Å². The van der Waals surface area contributed by atoms with Gasteiger partial charge in [-0.2, -0.15) is 5.26 Å². The molecular formula is C23H16BrF2NO2. The van der Waals surface area contributed by atoms with Crippen LogP contribution < -0.4 is 9.47 Å². The van der Waals surface area contributed by atoms with Crippen LogP contribution in [0.3, 0.4) is 0 Å². The van der Waals surface area contributed by atoms with Gasteiger partial charge in [-0.3, -0.25) is 0 Å². The summed E-state index contributed by atoms with van der Waals surface area (Å²) in [5.41, 5.74) is 2.28. The second kappa shape index (κ2) is 9.35. The second-order valence-electron chi connectivity index (χ2n) is 6.12. The minimum Gasteiger partial charge on any atom is -0.493 e. The molecule has 0 radical (unpaired) electrons. The topological polar surface area (TPSA) is 42.2 Å². The van der Waals surface area contributed by atoms with E-state index in [4.69, 9.17) is 9.47 Å². The third-order valence-electron chi connectivity index (χ3n) is 4.15. The first-order valence-corrected chi connectivity index (χ1v) is 9.42. The van der Waals surface area contributed by atoms with E-state index in [2.05, 4.69) is 22.0 Å². The summed E-state index contributed by atoms with van der Waals surface area (Å²) in [5, 5.41) is 9.49. The van der Waals surface area contributed by atoms with Crippen molar-refractivity contribution in [3.05, 3.63) is 93.5 Å². The van der Waals surface area contributed by atoms with E-state index in [1.54, 1.807) is 42.5 Å². The van der Waals surface area contributed by atoms with E-state index in [0.29, 0.717) is 32.7 Å². The highest BCUT2D eigenvalue weighted by Gasteiger charge is 2.11. The van der Waals surface area contributed by atoms with E-state index in [1.807, 2.05) is 0 Å². The monoisotopic (exact) mass is 455 g/mol. The summed E-state index contributed by atoms with van der Waals surface area (Å²) in [6.45, 7) is 0.241. The van der Waals surface area contributed by atoms with Crippen molar-refractivity contribution in [2.75, 3.05) is 7.11 Å². The van der Waals surface area contributed by atoms with Crippen molar-refractivity contribution in [3.8, 4) is 17.6 Å². The van der Waals surface area contributed by atoms with Crippen molar-refractivity contribution in [1.29, 1.82) is 5.26 Å². The lowest BCUT2D eigenvalue weighted by atomic mass is 10.0. The molecule has 0 aliphatic carbocycles. The van der Waals surface area contributed by atoms with Crippen LogP contribution in [-0.4, -0.2) is 7.11 Å². The van der Waals surface area contributed by atoms with Crippen molar-refractivity contribution >= 4 is 27.6 Å². The summed E-state index contributed by atoms with van der Waals surface area (Å²) in [4.78, 5) is 0. The van der Waals surface area contributed by atoms with Gasteiger partial charge in [0.15, 0.2) is 11.5 Å². The zero-order chi connectivity index (χ0) is 20.8. The summed E-state index contributed by atoms with van der Waals surface area (Å²) >= 11 is 3.48. The molecule has 0 fully saturated rings. The Morgan fingerprint density at radius 2 is 1.79 bits per heavy atom. The Morgan fingerprint density at radius 3 is 2.45 bits per heavy atom. The number of nitriles is 1. The van der Waals surface area contributed by atoms with E-state index >= 15 is 0 Å². The zero-order valence-corrected chi connectivity index (χ0v) is 17.0. The van der Waals surface area contributed by atoms with Gasteiger partial charge in [0.2, 0.25) is 0 Å². The first kappa shape index (κ1) is 20.6. The maximum absolute atomic E-state index is 13.5. The van der Waals surface area contributed by atoms with Crippen LogP contribution in [0.1, 0.15) is 16.7 Å². The first-order chi connectivity index (χ1) is 14.0. The Morgan fingerprint density at radius 1 is 1.03 bits per heavy atom. The minimum atomic E-state index is -0.412. The smallest absolute Gasteiger partial charge is 0.162 e. The summed E-state index contributed by atoms with van der Waals surface area (Å²) in [5.74, 6) is 0.241. The summed E-state index contributed by atoms with van der Waals surface area (Å²) in [7, 11) is 1.51. The Bertz CT molecular complexity index is 1090. The lowest BCUT2D eigenvalue weighted by Gasteiger charge is -2.13. The molecule has 0 aliphatic rings. The van der Waals surface area contributed by atoms with Crippen LogP contribution in [0.5, 0.6) is 11.5 Å². The summed E-state index contributed by atoms with van der Waals surface area (Å²) in [6.07, 6.45) is 1.64. The highest BCUT2D eigenvalue weighted by atomic mass is 79.9. The number of hydrogen-bond donors (Lipinski definition) is 0. The van der Waals surface area contributed by atoms with Gasteiger partial charge in [0.1, 0.15) is 18.2 Å². The van der Waals surface area contributed by atoms with E-state index < -0.39 is 5.82 Å². The van der Waals surface area contributed by atoms with Crippen molar-refractivity contribution in [2.24, 2.45) is 0 Å². The molecular weight excluding hydrogens is 440 g/mol. The molecule has 29 heavy (non-hydrogen) atoms. The molecule has 0 aromatic heterocycles. The fraction of sp³-hybridized carbons (Fsp3) is 0.0870. The number of allylic oxidation sites excluding steroid dienone is 1. The zero-order valence-electron chi connectivity index (χ0n) is 15.5. The standard InChI is InChI=1S/C23H16BrF2NO2/c1-28-22-11-17(9-18(13-27)16-3-2-4-20(26)10-16)21(24)12-23(22)29-14-15-5-7-19(25)8-6-15/h2-12H,14H2,1H3/b18-9-. The van der Waals surface area contributed by atoms with Crippen LogP contribution in [0, 0.1) is 23.0 Å². The largest absolute Gasteiger partial charge is 0.493 e. The highest BCUT2D eigenvalue weighted by Crippen LogP contribution is 2.36. The predicted octanol–water partition coefficient (Wildman–Crippen LogP) is 6.38. The maximum atomic E-state index is 13.5. The number of rotatable bonds is 6. The third-order valence-corrected chi connectivity index (χ3v) is 4.83. The SMILES string of the molecule is COc1cc(/C=C(/C#N)c2cccc(F)c2)c(Br)cc1OCc1ccc(F)cc1. The minimum absolute atomic E-state index is 0.241. The van der Waals surface area contributed by atoms with Crippen LogP contribution in [0.15, 0.2) is 65.1 Å². The molecule has 6 heteroatoms. The molecule has 0 amide bonds. The van der Waals surface area contributed by atoms with Gasteiger partial charge in [0, 0.05) is 4.47 Å². The number of nitrogens with zero attached hydrogens (tertiary/aromatic N) is 1. The van der Waals surface area contributed by atoms with Gasteiger partial charge < -0.3 is 9.47 Å². The molecule has 0 N–H and O–H groups in total. The normalized spacial score (nSPS) is 11.1. The molecule has 0 spiro atoms. The fourth-order valence-electron chi connectivity index (χ4n) is 2.67. The van der Waals surface area contributed by atoms with Gasteiger partial charge in [0.05, 0.1) is 18.8 Å². The van der Waals surface area contributed by atoms with Gasteiger partial charge in [-0.15, -0.1) is 0 Å². The van der Waals surface area contributed by atoms with E-state index in [1.165, 1.54) is 31.4 Å². The molecule has 3 aromatic rings. The van der Waals surface area contributed by atoms with Crippen LogP contribution in [0.4, 0.5) is 8.78 Å². The van der Waals surface area contributed by atoms with Gasteiger partial charge in [-0.05, 0) is 59.2 Å². The van der Waals surface area contributed by atoms with Crippen LogP contribution >= 0.6 is 15.9 Å². The van der Waals surface area contributed by atoms with Crippen LogP contribution in [0.25, 0.3) is 11.6 Å². The molecule has 146 valence electrons. The summed E-state index contributed by atoms with van der Waals surface area (Å²) in [6, 6.07) is 17.4. The molecule has 0 aliphatic heterocycles. The van der Waals surface area contributed by atoms with E-state index in [0.717, 1.165) is 5.56 Å². The maximum Gasteiger partial charge on any atom is 0.162 e. The lowest BCUT2D eigenvalue weighted by molar-refractivity contribution is 0.284. The Balaban J connectivity index is 1.89. The Labute approximate surface area is 175 Å². The van der Waals surface area contributed by atoms with Crippen LogP contribution in [-0.2, 0) is 6.61 Å². The van der Waals surface area contributed by atoms with Crippen LogP contribution in [0.2, 0.25) is 0 Å². The molecule has 0 bridgehead atoms. The Kier molecular flexibility index (Phi) is 6.63. The lowest BCUT2D eigenvalue weighted by Crippen LogP contribution is -1.98. The average molecular weight is 456 g/mol. The third kappa shape index (κ3) is 5.21. The van der Waals surface area contributed by atoms with Crippen molar-refractivity contribution in [3.63, 3.8) is 0 Å². The molecule has 0 saturated carbocycles. The highest BCUT2D eigenvalue weighted by molar-refractivity contribution is 9.10. The molecule has 0 saturated heterocycles. The number of ether oxygens (including phenoxy) is 2. The van der Waals surface area contributed by atoms with E-state index in [-0.39, 0.29) is 12.4 Å². The molecule has 3 aromatic carbocycles. The fourth-order valence-corrected chi connectivity index (χ4v) is 3.10. The van der Waals surface area contributed by atoms with Gasteiger partial charge in [0.25, 0.3) is 0 Å². The quantitative estimate of drug-likeness (QED) is 0.319. The first-order valence-electron chi connectivity index (χ1n) is 8.62. The molecule has 3 nitrogen and oxygen atoms in total. The molecule has 0 heterocycles. The second-order valence-corrected chi connectivity index (χ2v) is 6.97. The molecule has 0 unspecified atom stereocenters. The summed E-state index contributed by atoms with van der Waals surface area (Å²) < 4.78 is 38.4. The molecule has 3 rings (SSSR count).